The van der Waals surface area contributed by atoms with Gasteiger partial charge in [-0.15, -0.1) is 0 Å². The predicted octanol–water partition coefficient (Wildman–Crippen LogP) is 1.92. The highest BCUT2D eigenvalue weighted by molar-refractivity contribution is 6.41. The van der Waals surface area contributed by atoms with Crippen molar-refractivity contribution in [3.05, 3.63) is 34.5 Å². The Morgan fingerprint density at radius 3 is 2.71 bits per heavy atom. The molecule has 1 aliphatic rings. The number of carbonyl (C=O) groups excluding carboxylic acids is 1. The second-order valence-electron chi connectivity index (χ2n) is 3.51. The van der Waals surface area contributed by atoms with Crippen LogP contribution in [0.2, 0.25) is 0 Å². The minimum absolute atomic E-state index is 0.201. The Balaban J connectivity index is 2.89. The van der Waals surface area contributed by atoms with Gasteiger partial charge in [0, 0.05) is 17.8 Å². The number of nitrogens with two attached hydrogens (primary N) is 1. The molecule has 17 heavy (non-hydrogen) atoms. The Morgan fingerprint density at radius 1 is 1.53 bits per heavy atom. The summed E-state index contributed by atoms with van der Waals surface area (Å²) >= 11 is 5.85. The number of hydrogen-bond donors (Lipinski definition) is 1. The molecule has 0 heterocycles. The quantitative estimate of drug-likeness (QED) is 0.618. The number of halogens is 1. The molecular weight excluding hydrogens is 240 g/mol. The van der Waals surface area contributed by atoms with Gasteiger partial charge < -0.3 is 10.5 Å². The standard InChI is InChI=1S/C12H15ClN2O2/c1-15-11(12(16)17-2)7-10(14)8-3-5-9(13)6-4-8/h3,5,7H,4,6,14H2,1-2H3. The zero-order valence-corrected chi connectivity index (χ0v) is 10.6. The molecule has 2 N–H and O–H groups in total. The zero-order valence-electron chi connectivity index (χ0n) is 9.87. The Morgan fingerprint density at radius 2 is 2.24 bits per heavy atom. The zero-order chi connectivity index (χ0) is 12.8. The molecule has 1 aliphatic carbocycles. The maximum Gasteiger partial charge on any atom is 0.356 e. The van der Waals surface area contributed by atoms with Crippen molar-refractivity contribution in [1.82, 2.24) is 0 Å². The first-order valence-corrected chi connectivity index (χ1v) is 5.54. The lowest BCUT2D eigenvalue weighted by Gasteiger charge is -2.11. The van der Waals surface area contributed by atoms with Gasteiger partial charge >= 0.3 is 5.97 Å². The van der Waals surface area contributed by atoms with E-state index in [-0.39, 0.29) is 5.71 Å². The molecular formula is C12H15ClN2O2. The third-order valence-electron chi connectivity index (χ3n) is 2.40. The molecule has 0 aromatic carbocycles. The number of nitrogens with zero attached hydrogens (tertiary/aromatic N) is 1. The predicted molar refractivity (Wildman–Crippen MR) is 68.9 cm³/mol. The molecule has 0 saturated heterocycles. The number of hydrogen-bond acceptors (Lipinski definition) is 4. The molecule has 0 bridgehead atoms. The molecule has 0 aliphatic heterocycles. The second-order valence-corrected chi connectivity index (χ2v) is 3.99. The maximum absolute atomic E-state index is 11.3. The van der Waals surface area contributed by atoms with E-state index < -0.39 is 5.97 Å². The third kappa shape index (κ3) is 3.75. The van der Waals surface area contributed by atoms with Gasteiger partial charge in [0.25, 0.3) is 0 Å². The summed E-state index contributed by atoms with van der Waals surface area (Å²) in [5, 5.41) is 0.805. The Hall–Kier alpha value is -1.55. The van der Waals surface area contributed by atoms with Crippen LogP contribution in [0, 0.1) is 0 Å². The fourth-order valence-corrected chi connectivity index (χ4v) is 1.57. The third-order valence-corrected chi connectivity index (χ3v) is 2.71. The molecule has 0 amide bonds. The lowest BCUT2D eigenvalue weighted by atomic mass is 10.0. The number of esters is 1. The first-order valence-electron chi connectivity index (χ1n) is 5.16. The number of rotatable bonds is 3. The topological polar surface area (TPSA) is 64.7 Å². The van der Waals surface area contributed by atoms with Crippen molar-refractivity contribution < 1.29 is 9.53 Å². The minimum atomic E-state index is -0.500. The van der Waals surface area contributed by atoms with Crippen LogP contribution in [-0.2, 0) is 9.53 Å². The van der Waals surface area contributed by atoms with Crippen molar-refractivity contribution in [2.45, 2.75) is 12.8 Å². The molecule has 0 aromatic rings. The first-order chi connectivity index (χ1) is 8.08. The Bertz CT molecular complexity index is 434. The Kier molecular flexibility index (Phi) is 4.97. The molecule has 0 unspecified atom stereocenters. The molecule has 5 heteroatoms. The fraction of sp³-hybridized carbons (Fsp3) is 0.333. The SMILES string of the molecule is CN=C(C=C(N)C1=CC=C(Cl)CC1)C(=O)OC. The molecule has 0 spiro atoms. The monoisotopic (exact) mass is 254 g/mol. The van der Waals surface area contributed by atoms with Crippen molar-refractivity contribution in [3.8, 4) is 0 Å². The van der Waals surface area contributed by atoms with Gasteiger partial charge in [-0.25, -0.2) is 4.79 Å². The van der Waals surface area contributed by atoms with Crippen molar-refractivity contribution in [3.63, 3.8) is 0 Å². The van der Waals surface area contributed by atoms with Crippen molar-refractivity contribution in [2.24, 2.45) is 10.7 Å². The van der Waals surface area contributed by atoms with Gasteiger partial charge in [-0.1, -0.05) is 17.7 Å². The number of methoxy groups -OCH3 is 1. The van der Waals surface area contributed by atoms with E-state index in [2.05, 4.69) is 9.73 Å². The van der Waals surface area contributed by atoms with E-state index in [1.54, 1.807) is 0 Å². The summed E-state index contributed by atoms with van der Waals surface area (Å²) in [7, 11) is 2.82. The lowest BCUT2D eigenvalue weighted by molar-refractivity contribution is -0.132. The van der Waals surface area contributed by atoms with Crippen LogP contribution in [0.1, 0.15) is 12.8 Å². The smallest absolute Gasteiger partial charge is 0.356 e. The highest BCUT2D eigenvalue weighted by Gasteiger charge is 2.11. The molecule has 0 aromatic heterocycles. The number of carbonyl (C=O) groups is 1. The van der Waals surface area contributed by atoms with E-state index in [9.17, 15) is 4.79 Å². The molecule has 0 saturated carbocycles. The van der Waals surface area contributed by atoms with E-state index in [4.69, 9.17) is 17.3 Å². The van der Waals surface area contributed by atoms with Crippen LogP contribution in [0.3, 0.4) is 0 Å². The van der Waals surface area contributed by atoms with E-state index in [0.29, 0.717) is 5.70 Å². The van der Waals surface area contributed by atoms with Crippen molar-refractivity contribution in [2.75, 3.05) is 14.2 Å². The van der Waals surface area contributed by atoms with Gasteiger partial charge in [0.1, 0.15) is 5.71 Å². The number of aliphatic imine (C=N–C) groups is 1. The highest BCUT2D eigenvalue weighted by Crippen LogP contribution is 2.23. The van der Waals surface area contributed by atoms with Gasteiger partial charge in [-0.3, -0.25) is 4.99 Å². The van der Waals surface area contributed by atoms with Crippen LogP contribution >= 0.6 is 11.6 Å². The maximum atomic E-state index is 11.3. The van der Waals surface area contributed by atoms with E-state index in [1.807, 2.05) is 12.2 Å². The lowest BCUT2D eigenvalue weighted by Crippen LogP contribution is -2.16. The van der Waals surface area contributed by atoms with Crippen LogP contribution < -0.4 is 5.73 Å². The average Bonchev–Trinajstić information content (AvgIpc) is 2.35. The molecule has 0 atom stereocenters. The van der Waals surface area contributed by atoms with Crippen LogP contribution in [0.25, 0.3) is 0 Å². The highest BCUT2D eigenvalue weighted by atomic mass is 35.5. The van der Waals surface area contributed by atoms with E-state index in [1.165, 1.54) is 20.2 Å². The summed E-state index contributed by atoms with van der Waals surface area (Å²) in [6.07, 6.45) is 6.70. The summed E-state index contributed by atoms with van der Waals surface area (Å²) in [4.78, 5) is 15.1. The van der Waals surface area contributed by atoms with Crippen LogP contribution in [0.5, 0.6) is 0 Å². The molecule has 0 radical (unpaired) electrons. The van der Waals surface area contributed by atoms with Gasteiger partial charge in [-0.05, 0) is 30.6 Å². The minimum Gasteiger partial charge on any atom is -0.464 e. The summed E-state index contributed by atoms with van der Waals surface area (Å²) in [5.74, 6) is -0.500. The second kappa shape index (κ2) is 6.25. The molecule has 4 nitrogen and oxygen atoms in total. The van der Waals surface area contributed by atoms with Crippen LogP contribution in [0.15, 0.2) is 39.5 Å². The van der Waals surface area contributed by atoms with Crippen LogP contribution in [0.4, 0.5) is 0 Å². The number of ether oxygens (including phenoxy) is 1. The van der Waals surface area contributed by atoms with Gasteiger partial charge in [-0.2, -0.15) is 0 Å². The van der Waals surface area contributed by atoms with Gasteiger partial charge in [0.15, 0.2) is 0 Å². The van der Waals surface area contributed by atoms with Gasteiger partial charge in [0.2, 0.25) is 0 Å². The largest absolute Gasteiger partial charge is 0.464 e. The normalized spacial score (nSPS) is 17.4. The first kappa shape index (κ1) is 13.5. The summed E-state index contributed by atoms with van der Waals surface area (Å²) in [6, 6.07) is 0. The molecule has 1 rings (SSSR count). The van der Waals surface area contributed by atoms with Crippen molar-refractivity contribution >= 4 is 23.3 Å². The molecule has 0 fully saturated rings. The van der Waals surface area contributed by atoms with Gasteiger partial charge in [0.05, 0.1) is 7.11 Å². The van der Waals surface area contributed by atoms with E-state index in [0.717, 1.165) is 23.4 Å². The summed E-state index contributed by atoms with van der Waals surface area (Å²) in [5.41, 5.74) is 7.55. The fourth-order valence-electron chi connectivity index (χ4n) is 1.41. The molecule has 92 valence electrons. The number of allylic oxidation sites excluding steroid dienone is 4. The van der Waals surface area contributed by atoms with E-state index >= 15 is 0 Å². The summed E-state index contributed by atoms with van der Waals surface area (Å²) in [6.45, 7) is 0. The Labute approximate surface area is 105 Å². The van der Waals surface area contributed by atoms with Crippen LogP contribution in [-0.4, -0.2) is 25.8 Å². The average molecular weight is 255 g/mol. The summed E-state index contributed by atoms with van der Waals surface area (Å²) < 4.78 is 4.59. The van der Waals surface area contributed by atoms with Crippen molar-refractivity contribution in [1.29, 1.82) is 0 Å².